The van der Waals surface area contributed by atoms with Crippen molar-refractivity contribution in [3.8, 4) is 0 Å². The molecule has 0 saturated carbocycles. The maximum atomic E-state index is 11.3. The molecule has 0 atom stereocenters. The Bertz CT molecular complexity index is 640. The Hall–Kier alpha value is -1.85. The van der Waals surface area contributed by atoms with Crippen molar-refractivity contribution < 1.29 is 9.90 Å². The number of halogens is 1. The van der Waals surface area contributed by atoms with Crippen molar-refractivity contribution in [2.24, 2.45) is 0 Å². The fraction of sp³-hybridized carbons (Fsp3) is 0.333. The van der Waals surface area contributed by atoms with Crippen LogP contribution in [0.2, 0.25) is 5.02 Å². The second-order valence-corrected chi connectivity index (χ2v) is 5.35. The predicted octanol–water partition coefficient (Wildman–Crippen LogP) is 2.89. The Balaban J connectivity index is 2.12. The molecule has 2 aromatic rings. The summed E-state index contributed by atoms with van der Waals surface area (Å²) in [6.07, 6.45) is 3.81. The lowest BCUT2D eigenvalue weighted by Gasteiger charge is -2.18. The van der Waals surface area contributed by atoms with Crippen LogP contribution in [0.4, 0.5) is 0 Å². The number of hydrogen-bond acceptors (Lipinski definition) is 3. The molecule has 0 amide bonds. The van der Waals surface area contributed by atoms with Crippen LogP contribution in [0.1, 0.15) is 28.4 Å². The van der Waals surface area contributed by atoms with E-state index in [-0.39, 0.29) is 5.56 Å². The zero-order valence-corrected chi connectivity index (χ0v) is 12.8. The van der Waals surface area contributed by atoms with Gasteiger partial charge in [0.1, 0.15) is 0 Å². The number of nitrogens with zero attached hydrogens (tertiary/aromatic N) is 3. The van der Waals surface area contributed by atoms with Crippen LogP contribution in [0.15, 0.2) is 30.6 Å². The molecule has 0 radical (unpaired) electrons. The number of aromatic carboxylic acids is 1. The molecule has 1 aromatic carbocycles. The minimum Gasteiger partial charge on any atom is -0.478 e. The van der Waals surface area contributed by atoms with E-state index in [0.29, 0.717) is 23.7 Å². The first-order chi connectivity index (χ1) is 10.0. The largest absolute Gasteiger partial charge is 0.478 e. The molecule has 21 heavy (non-hydrogen) atoms. The Morgan fingerprint density at radius 2 is 2.19 bits per heavy atom. The number of rotatable bonds is 6. The third-order valence-electron chi connectivity index (χ3n) is 3.24. The third kappa shape index (κ3) is 3.83. The predicted molar refractivity (Wildman–Crippen MR) is 81.5 cm³/mol. The zero-order valence-electron chi connectivity index (χ0n) is 12.1. The third-order valence-corrected chi connectivity index (χ3v) is 3.59. The van der Waals surface area contributed by atoms with Crippen LogP contribution in [0, 0.1) is 0 Å². The number of carboxylic acids is 1. The molecule has 5 nitrogen and oxygen atoms in total. The number of hydrogen-bond donors (Lipinski definition) is 1. The van der Waals surface area contributed by atoms with Gasteiger partial charge in [0.05, 0.1) is 11.8 Å². The first kappa shape index (κ1) is 15.5. The number of benzene rings is 1. The van der Waals surface area contributed by atoms with Crippen molar-refractivity contribution in [3.63, 3.8) is 0 Å². The van der Waals surface area contributed by atoms with Gasteiger partial charge in [0.2, 0.25) is 0 Å². The van der Waals surface area contributed by atoms with Crippen LogP contribution in [0.3, 0.4) is 0 Å². The summed E-state index contributed by atoms with van der Waals surface area (Å²) in [5, 5.41) is 13.9. The van der Waals surface area contributed by atoms with Gasteiger partial charge >= 0.3 is 5.97 Å². The molecule has 0 aliphatic heterocycles. The van der Waals surface area contributed by atoms with Crippen LogP contribution in [-0.2, 0) is 19.6 Å². The SMILES string of the molecule is CCn1cc(CN(C)Cc2c(Cl)cccc2C(=O)O)cn1. The second-order valence-electron chi connectivity index (χ2n) is 4.95. The Labute approximate surface area is 128 Å². The second kappa shape index (κ2) is 6.74. The van der Waals surface area contributed by atoms with Crippen LogP contribution >= 0.6 is 11.6 Å². The van der Waals surface area contributed by atoms with E-state index in [1.807, 2.05) is 35.9 Å². The fourth-order valence-corrected chi connectivity index (χ4v) is 2.45. The highest BCUT2D eigenvalue weighted by Gasteiger charge is 2.15. The monoisotopic (exact) mass is 307 g/mol. The molecule has 1 aromatic heterocycles. The fourth-order valence-electron chi connectivity index (χ4n) is 2.22. The van der Waals surface area contributed by atoms with Crippen molar-refractivity contribution >= 4 is 17.6 Å². The first-order valence-electron chi connectivity index (χ1n) is 6.71. The van der Waals surface area contributed by atoms with E-state index in [1.165, 1.54) is 0 Å². The highest BCUT2D eigenvalue weighted by Crippen LogP contribution is 2.22. The summed E-state index contributed by atoms with van der Waals surface area (Å²) in [4.78, 5) is 13.3. The van der Waals surface area contributed by atoms with Gasteiger partial charge in [-0.2, -0.15) is 5.10 Å². The Morgan fingerprint density at radius 3 is 2.81 bits per heavy atom. The highest BCUT2D eigenvalue weighted by atomic mass is 35.5. The molecule has 0 aliphatic carbocycles. The Morgan fingerprint density at radius 1 is 1.43 bits per heavy atom. The smallest absolute Gasteiger partial charge is 0.336 e. The van der Waals surface area contributed by atoms with Crippen LogP contribution in [-0.4, -0.2) is 32.8 Å². The van der Waals surface area contributed by atoms with Crippen molar-refractivity contribution in [3.05, 3.63) is 52.3 Å². The van der Waals surface area contributed by atoms with E-state index >= 15 is 0 Å². The average molecular weight is 308 g/mol. The van der Waals surface area contributed by atoms with Crippen LogP contribution in [0.5, 0.6) is 0 Å². The lowest BCUT2D eigenvalue weighted by molar-refractivity contribution is 0.0694. The van der Waals surface area contributed by atoms with Crippen LogP contribution in [0.25, 0.3) is 0 Å². The minimum atomic E-state index is -0.959. The zero-order chi connectivity index (χ0) is 15.4. The summed E-state index contributed by atoms with van der Waals surface area (Å²) < 4.78 is 1.86. The van der Waals surface area contributed by atoms with Gasteiger partial charge in [0.25, 0.3) is 0 Å². The van der Waals surface area contributed by atoms with E-state index in [0.717, 1.165) is 12.1 Å². The standard InChI is InChI=1S/C15H18ClN3O2/c1-3-19-9-11(7-17-19)8-18(2)10-13-12(15(20)21)5-4-6-14(13)16/h4-7,9H,3,8,10H2,1-2H3,(H,20,21). The Kier molecular flexibility index (Phi) is 4.98. The molecule has 0 bridgehead atoms. The summed E-state index contributed by atoms with van der Waals surface area (Å²) >= 11 is 6.14. The molecule has 0 aliphatic rings. The number of aromatic nitrogens is 2. The van der Waals surface area contributed by atoms with E-state index in [2.05, 4.69) is 5.10 Å². The van der Waals surface area contributed by atoms with Gasteiger partial charge in [-0.3, -0.25) is 9.58 Å². The lowest BCUT2D eigenvalue weighted by atomic mass is 10.1. The number of carboxylic acid groups (broad SMARTS) is 1. The highest BCUT2D eigenvalue weighted by molar-refractivity contribution is 6.31. The molecule has 0 spiro atoms. The molecule has 1 heterocycles. The van der Waals surface area contributed by atoms with Crippen molar-refractivity contribution in [2.45, 2.75) is 26.6 Å². The van der Waals surface area contributed by atoms with Crippen molar-refractivity contribution in [2.75, 3.05) is 7.05 Å². The summed E-state index contributed by atoms with van der Waals surface area (Å²) in [5.41, 5.74) is 1.97. The van der Waals surface area contributed by atoms with E-state index in [4.69, 9.17) is 11.6 Å². The molecule has 0 fully saturated rings. The summed E-state index contributed by atoms with van der Waals surface area (Å²) in [7, 11) is 1.93. The number of aryl methyl sites for hydroxylation is 1. The summed E-state index contributed by atoms with van der Waals surface area (Å²) in [5.74, 6) is -0.959. The topological polar surface area (TPSA) is 58.4 Å². The van der Waals surface area contributed by atoms with Crippen LogP contribution < -0.4 is 0 Å². The molecule has 112 valence electrons. The van der Waals surface area contributed by atoms with Gasteiger partial charge in [0.15, 0.2) is 0 Å². The maximum absolute atomic E-state index is 11.3. The van der Waals surface area contributed by atoms with Crippen molar-refractivity contribution in [1.29, 1.82) is 0 Å². The molecular weight excluding hydrogens is 290 g/mol. The maximum Gasteiger partial charge on any atom is 0.336 e. The first-order valence-corrected chi connectivity index (χ1v) is 7.09. The average Bonchev–Trinajstić information content (AvgIpc) is 2.88. The molecule has 1 N–H and O–H groups in total. The molecule has 0 saturated heterocycles. The van der Waals surface area contributed by atoms with E-state index in [1.54, 1.807) is 18.2 Å². The van der Waals surface area contributed by atoms with Crippen molar-refractivity contribution in [1.82, 2.24) is 14.7 Å². The molecule has 2 rings (SSSR count). The lowest BCUT2D eigenvalue weighted by Crippen LogP contribution is -2.19. The van der Waals surface area contributed by atoms with Gasteiger partial charge in [-0.1, -0.05) is 17.7 Å². The normalized spacial score (nSPS) is 11.0. The minimum absolute atomic E-state index is 0.249. The number of carbonyl (C=O) groups is 1. The quantitative estimate of drug-likeness (QED) is 0.891. The van der Waals surface area contributed by atoms with E-state index < -0.39 is 5.97 Å². The molecular formula is C15H18ClN3O2. The van der Waals surface area contributed by atoms with Gasteiger partial charge in [-0.25, -0.2) is 4.79 Å². The molecule has 6 heteroatoms. The van der Waals surface area contributed by atoms with E-state index in [9.17, 15) is 9.90 Å². The van der Waals surface area contributed by atoms with Gasteiger partial charge in [-0.15, -0.1) is 0 Å². The van der Waals surface area contributed by atoms with Gasteiger partial charge in [0, 0.05) is 36.4 Å². The van der Waals surface area contributed by atoms with Gasteiger partial charge in [-0.05, 0) is 31.7 Å². The molecule has 0 unspecified atom stereocenters. The van der Waals surface area contributed by atoms with Gasteiger partial charge < -0.3 is 5.11 Å². The summed E-state index contributed by atoms with van der Waals surface area (Å²) in [6, 6.07) is 4.94. The summed E-state index contributed by atoms with van der Waals surface area (Å²) in [6.45, 7) is 4.02.